The first-order chi connectivity index (χ1) is 5.97. The Morgan fingerprint density at radius 2 is 1.92 bits per heavy atom. The molecule has 1 heteroatoms. The predicted molar refractivity (Wildman–Crippen MR) is 50.1 cm³/mol. The largest absolute Gasteiger partial charge is 0.374 e. The molecule has 1 aliphatic heterocycles. The first-order valence-corrected chi connectivity index (χ1v) is 5.25. The summed E-state index contributed by atoms with van der Waals surface area (Å²) in [5.41, 5.74) is 0. The quantitative estimate of drug-likeness (QED) is 0.544. The molecule has 0 aromatic carbocycles. The molecule has 0 unspecified atom stereocenters. The van der Waals surface area contributed by atoms with Crippen molar-refractivity contribution >= 4 is 0 Å². The van der Waals surface area contributed by atoms with Crippen LogP contribution < -0.4 is 0 Å². The van der Waals surface area contributed by atoms with Gasteiger partial charge < -0.3 is 4.74 Å². The van der Waals surface area contributed by atoms with Gasteiger partial charge in [-0.05, 0) is 25.2 Å². The van der Waals surface area contributed by atoms with Crippen LogP contribution in [0.4, 0.5) is 0 Å². The van der Waals surface area contributed by atoms with Crippen molar-refractivity contribution in [3.8, 4) is 0 Å². The Hall–Kier alpha value is -0.300. The Labute approximate surface area is 74.8 Å². The number of rotatable bonds is 1. The molecule has 0 aromatic heterocycles. The van der Waals surface area contributed by atoms with E-state index < -0.39 is 0 Å². The minimum absolute atomic E-state index is 0.457. The summed E-state index contributed by atoms with van der Waals surface area (Å²) in [6, 6.07) is 0. The van der Waals surface area contributed by atoms with Gasteiger partial charge in [-0.2, -0.15) is 0 Å². The third-order valence-electron chi connectivity index (χ3n) is 3.04. The summed E-state index contributed by atoms with van der Waals surface area (Å²) in [6.07, 6.45) is 13.2. The highest BCUT2D eigenvalue weighted by atomic mass is 16.5. The van der Waals surface area contributed by atoms with Crippen molar-refractivity contribution in [1.82, 2.24) is 0 Å². The lowest BCUT2D eigenvalue weighted by Gasteiger charge is -2.29. The Bertz CT molecular complexity index is 156. The molecule has 0 amide bonds. The minimum Gasteiger partial charge on any atom is -0.374 e. The van der Waals surface area contributed by atoms with Crippen molar-refractivity contribution < 1.29 is 4.74 Å². The summed E-state index contributed by atoms with van der Waals surface area (Å²) in [5, 5.41) is 0. The van der Waals surface area contributed by atoms with Gasteiger partial charge in [0.05, 0.1) is 12.7 Å². The molecule has 1 fully saturated rings. The van der Waals surface area contributed by atoms with E-state index in [-0.39, 0.29) is 0 Å². The van der Waals surface area contributed by atoms with Crippen LogP contribution in [0, 0.1) is 5.92 Å². The Balaban J connectivity index is 1.88. The zero-order valence-corrected chi connectivity index (χ0v) is 7.67. The fraction of sp³-hybridized carbons (Fsp3) is 0.818. The molecule has 0 aromatic rings. The SMILES string of the molecule is C1=C[C@H](C2CCCCC2)OCC1. The highest BCUT2D eigenvalue weighted by Crippen LogP contribution is 2.29. The molecule has 0 spiro atoms. The molecule has 1 atom stereocenters. The molecule has 1 heterocycles. The lowest BCUT2D eigenvalue weighted by molar-refractivity contribution is 0.0271. The second-order valence-electron chi connectivity index (χ2n) is 3.95. The van der Waals surface area contributed by atoms with Gasteiger partial charge in [0.1, 0.15) is 0 Å². The maximum atomic E-state index is 5.73. The summed E-state index contributed by atoms with van der Waals surface area (Å²) in [6.45, 7) is 0.942. The van der Waals surface area contributed by atoms with Crippen LogP contribution in [0.1, 0.15) is 38.5 Å². The zero-order valence-electron chi connectivity index (χ0n) is 7.67. The standard InChI is InChI=1S/C11H18O/c1-2-6-10(7-3-1)11-8-4-5-9-12-11/h4,8,10-11H,1-3,5-7,9H2/t11-/m1/s1. The Kier molecular flexibility index (Phi) is 2.83. The van der Waals surface area contributed by atoms with E-state index in [9.17, 15) is 0 Å². The molecule has 1 aliphatic carbocycles. The lowest BCUT2D eigenvalue weighted by atomic mass is 9.84. The van der Waals surface area contributed by atoms with E-state index in [0.29, 0.717) is 6.10 Å². The smallest absolute Gasteiger partial charge is 0.0784 e. The molecule has 0 N–H and O–H groups in total. The van der Waals surface area contributed by atoms with Crippen molar-refractivity contribution in [3.63, 3.8) is 0 Å². The van der Waals surface area contributed by atoms with Gasteiger partial charge in [-0.25, -0.2) is 0 Å². The molecule has 0 bridgehead atoms. The van der Waals surface area contributed by atoms with Crippen LogP contribution >= 0.6 is 0 Å². The summed E-state index contributed by atoms with van der Waals surface area (Å²) in [5.74, 6) is 0.829. The fourth-order valence-electron chi connectivity index (χ4n) is 2.31. The van der Waals surface area contributed by atoms with E-state index in [0.717, 1.165) is 18.9 Å². The topological polar surface area (TPSA) is 9.23 Å². The minimum atomic E-state index is 0.457. The summed E-state index contributed by atoms with van der Waals surface area (Å²) in [7, 11) is 0. The number of hydrogen-bond donors (Lipinski definition) is 0. The molecular weight excluding hydrogens is 148 g/mol. The van der Waals surface area contributed by atoms with Gasteiger partial charge in [0.2, 0.25) is 0 Å². The van der Waals surface area contributed by atoms with Crippen LogP contribution in [0.5, 0.6) is 0 Å². The van der Waals surface area contributed by atoms with Crippen LogP contribution in [-0.4, -0.2) is 12.7 Å². The second-order valence-corrected chi connectivity index (χ2v) is 3.95. The first-order valence-electron chi connectivity index (χ1n) is 5.25. The van der Waals surface area contributed by atoms with E-state index >= 15 is 0 Å². The Morgan fingerprint density at radius 1 is 1.08 bits per heavy atom. The summed E-state index contributed by atoms with van der Waals surface area (Å²) < 4.78 is 5.73. The molecule has 1 saturated carbocycles. The highest BCUT2D eigenvalue weighted by Gasteiger charge is 2.22. The van der Waals surface area contributed by atoms with Gasteiger partial charge in [0.25, 0.3) is 0 Å². The average Bonchev–Trinajstić information content (AvgIpc) is 2.21. The third kappa shape index (κ3) is 1.89. The monoisotopic (exact) mass is 166 g/mol. The molecule has 12 heavy (non-hydrogen) atoms. The van der Waals surface area contributed by atoms with Gasteiger partial charge in [-0.3, -0.25) is 0 Å². The Morgan fingerprint density at radius 3 is 2.58 bits per heavy atom. The van der Waals surface area contributed by atoms with Crippen molar-refractivity contribution in [2.45, 2.75) is 44.6 Å². The van der Waals surface area contributed by atoms with Crippen molar-refractivity contribution in [2.75, 3.05) is 6.61 Å². The third-order valence-corrected chi connectivity index (χ3v) is 3.04. The van der Waals surface area contributed by atoms with E-state index in [4.69, 9.17) is 4.74 Å². The average molecular weight is 166 g/mol. The van der Waals surface area contributed by atoms with Crippen LogP contribution in [0.15, 0.2) is 12.2 Å². The molecule has 0 radical (unpaired) electrons. The van der Waals surface area contributed by atoms with Gasteiger partial charge in [0.15, 0.2) is 0 Å². The maximum absolute atomic E-state index is 5.73. The van der Waals surface area contributed by atoms with E-state index in [1.54, 1.807) is 0 Å². The normalized spacial score (nSPS) is 32.2. The first kappa shape index (κ1) is 8.31. The zero-order chi connectivity index (χ0) is 8.23. The van der Waals surface area contributed by atoms with Crippen LogP contribution in [0.25, 0.3) is 0 Å². The molecule has 2 aliphatic rings. The van der Waals surface area contributed by atoms with E-state index in [1.165, 1.54) is 32.1 Å². The number of ether oxygens (including phenoxy) is 1. The van der Waals surface area contributed by atoms with Crippen molar-refractivity contribution in [2.24, 2.45) is 5.92 Å². The van der Waals surface area contributed by atoms with Crippen molar-refractivity contribution in [3.05, 3.63) is 12.2 Å². The molecule has 68 valence electrons. The second kappa shape index (κ2) is 4.08. The molecule has 1 nitrogen and oxygen atoms in total. The van der Waals surface area contributed by atoms with Crippen molar-refractivity contribution in [1.29, 1.82) is 0 Å². The van der Waals surface area contributed by atoms with Gasteiger partial charge >= 0.3 is 0 Å². The van der Waals surface area contributed by atoms with Gasteiger partial charge in [-0.1, -0.05) is 31.4 Å². The highest BCUT2D eigenvalue weighted by molar-refractivity contribution is 4.96. The summed E-state index contributed by atoms with van der Waals surface area (Å²) >= 11 is 0. The van der Waals surface area contributed by atoms with Crippen LogP contribution in [0.2, 0.25) is 0 Å². The maximum Gasteiger partial charge on any atom is 0.0784 e. The summed E-state index contributed by atoms with van der Waals surface area (Å²) in [4.78, 5) is 0. The molecule has 0 saturated heterocycles. The van der Waals surface area contributed by atoms with Gasteiger partial charge in [-0.15, -0.1) is 0 Å². The molecular formula is C11H18O. The van der Waals surface area contributed by atoms with E-state index in [1.807, 2.05) is 0 Å². The lowest BCUT2D eigenvalue weighted by Crippen LogP contribution is -2.26. The van der Waals surface area contributed by atoms with Gasteiger partial charge in [0, 0.05) is 0 Å². The van der Waals surface area contributed by atoms with E-state index in [2.05, 4.69) is 12.2 Å². The number of hydrogen-bond acceptors (Lipinski definition) is 1. The van der Waals surface area contributed by atoms with Crippen LogP contribution in [0.3, 0.4) is 0 Å². The fourth-order valence-corrected chi connectivity index (χ4v) is 2.31. The van der Waals surface area contributed by atoms with Crippen LogP contribution in [-0.2, 0) is 4.74 Å². The predicted octanol–water partition coefficient (Wildman–Crippen LogP) is 2.91. The molecule has 2 rings (SSSR count).